The van der Waals surface area contributed by atoms with Crippen molar-refractivity contribution < 1.29 is 9.53 Å². The highest BCUT2D eigenvalue weighted by Crippen LogP contribution is 2.31. The highest BCUT2D eigenvalue weighted by molar-refractivity contribution is 7.18. The molecule has 126 valence electrons. The van der Waals surface area contributed by atoms with Gasteiger partial charge in [-0.1, -0.05) is 36.8 Å². The Morgan fingerprint density at radius 3 is 2.79 bits per heavy atom. The topological polar surface area (TPSA) is 81.4 Å². The van der Waals surface area contributed by atoms with E-state index in [1.807, 2.05) is 20.8 Å². The van der Waals surface area contributed by atoms with Gasteiger partial charge in [0.2, 0.25) is 9.97 Å². The number of carbonyl (C=O) groups excluding carboxylic acids is 1. The van der Waals surface area contributed by atoms with Crippen LogP contribution in [0.1, 0.15) is 41.0 Å². The molecule has 0 aliphatic rings. The van der Waals surface area contributed by atoms with E-state index in [1.165, 1.54) is 18.4 Å². The van der Waals surface area contributed by atoms with Crippen LogP contribution < -0.4 is 10.1 Å². The molecule has 7 nitrogen and oxygen atoms in total. The first kappa shape index (κ1) is 16.7. The molecule has 24 heavy (non-hydrogen) atoms. The minimum atomic E-state index is -0.333. The molecule has 3 rings (SSSR count). The van der Waals surface area contributed by atoms with Crippen LogP contribution in [-0.4, -0.2) is 32.8 Å². The first-order chi connectivity index (χ1) is 11.4. The average molecular weight is 366 g/mol. The number of amides is 1. The van der Waals surface area contributed by atoms with E-state index in [2.05, 4.69) is 20.6 Å². The molecule has 2 heterocycles. The predicted octanol–water partition coefficient (Wildman–Crippen LogP) is 3.53. The fourth-order valence-electron chi connectivity index (χ4n) is 2.19. The number of carbonyl (C=O) groups is 1. The van der Waals surface area contributed by atoms with E-state index in [1.54, 1.807) is 16.6 Å². The molecule has 0 aliphatic carbocycles. The van der Waals surface area contributed by atoms with E-state index in [0.717, 1.165) is 11.4 Å². The zero-order valence-corrected chi connectivity index (χ0v) is 15.2. The number of methoxy groups -OCH3 is 1. The molecule has 0 atom stereocenters. The van der Waals surface area contributed by atoms with Crippen LogP contribution in [0.25, 0.3) is 4.96 Å². The fraction of sp³-hybridized carbons (Fsp3) is 0.333. The lowest BCUT2D eigenvalue weighted by molar-refractivity contribution is 0.102. The molecule has 0 bridgehead atoms. The van der Waals surface area contributed by atoms with Gasteiger partial charge in [0.1, 0.15) is 5.75 Å². The number of aryl methyl sites for hydroxylation is 1. The summed E-state index contributed by atoms with van der Waals surface area (Å²) in [6, 6.07) is 3.43. The number of ether oxygens (including phenoxy) is 1. The van der Waals surface area contributed by atoms with Crippen LogP contribution in [-0.2, 0) is 0 Å². The summed E-state index contributed by atoms with van der Waals surface area (Å²) in [5, 5.41) is 16.1. The molecule has 0 radical (unpaired) electrons. The number of hydrogen-bond acceptors (Lipinski definition) is 6. The van der Waals surface area contributed by atoms with Crippen LogP contribution in [0.4, 0.5) is 5.69 Å². The van der Waals surface area contributed by atoms with Gasteiger partial charge in [0.25, 0.3) is 5.91 Å². The molecule has 9 heteroatoms. The standard InChI is InChI=1S/C15H16ClN5O2S/c1-7(2)12-18-19-15-21(12)20-14(24-15)13(22)17-10-5-8(3)9(16)6-11(10)23-4/h5-7H,1-4H3,(H,17,22). The molecular formula is C15H16ClN5O2S. The maximum Gasteiger partial charge on any atom is 0.286 e. The van der Waals surface area contributed by atoms with Crippen LogP contribution in [0.2, 0.25) is 5.02 Å². The number of nitrogens with zero attached hydrogens (tertiary/aromatic N) is 4. The lowest BCUT2D eigenvalue weighted by atomic mass is 10.2. The van der Waals surface area contributed by atoms with Gasteiger partial charge in [-0.2, -0.15) is 4.52 Å². The molecule has 3 aromatic rings. The van der Waals surface area contributed by atoms with Crippen molar-refractivity contribution >= 4 is 39.5 Å². The molecule has 0 aliphatic heterocycles. The van der Waals surface area contributed by atoms with E-state index in [9.17, 15) is 4.79 Å². The van der Waals surface area contributed by atoms with Crippen molar-refractivity contribution in [2.75, 3.05) is 12.4 Å². The average Bonchev–Trinajstić information content (AvgIpc) is 3.10. The molecule has 1 aromatic carbocycles. The molecule has 1 amide bonds. The summed E-state index contributed by atoms with van der Waals surface area (Å²) >= 11 is 7.27. The SMILES string of the molecule is COc1cc(Cl)c(C)cc1NC(=O)c1nn2c(C(C)C)nnc2s1. The lowest BCUT2D eigenvalue weighted by Gasteiger charge is -2.11. The van der Waals surface area contributed by atoms with Crippen LogP contribution in [0.3, 0.4) is 0 Å². The molecule has 0 fully saturated rings. The number of halogens is 1. The van der Waals surface area contributed by atoms with Gasteiger partial charge in [0.05, 0.1) is 12.8 Å². The second kappa shape index (κ2) is 6.37. The molecule has 1 N–H and O–H groups in total. The normalized spacial score (nSPS) is 11.2. The van der Waals surface area contributed by atoms with E-state index >= 15 is 0 Å². The molecule has 0 unspecified atom stereocenters. The maximum absolute atomic E-state index is 12.5. The third-order valence-electron chi connectivity index (χ3n) is 3.45. The summed E-state index contributed by atoms with van der Waals surface area (Å²) in [5.74, 6) is 1.04. The summed E-state index contributed by atoms with van der Waals surface area (Å²) in [5.41, 5.74) is 1.38. The fourth-order valence-corrected chi connectivity index (χ4v) is 3.08. The summed E-state index contributed by atoms with van der Waals surface area (Å²) in [6.45, 7) is 5.85. The zero-order chi connectivity index (χ0) is 17.4. The van der Waals surface area contributed by atoms with Gasteiger partial charge in [0, 0.05) is 17.0 Å². The van der Waals surface area contributed by atoms with Crippen molar-refractivity contribution in [3.63, 3.8) is 0 Å². The van der Waals surface area contributed by atoms with Gasteiger partial charge >= 0.3 is 0 Å². The van der Waals surface area contributed by atoms with Gasteiger partial charge in [-0.05, 0) is 18.6 Å². The Kier molecular flexibility index (Phi) is 4.42. The third kappa shape index (κ3) is 2.94. The summed E-state index contributed by atoms with van der Waals surface area (Å²) in [7, 11) is 1.52. The van der Waals surface area contributed by atoms with Crippen molar-refractivity contribution in [2.24, 2.45) is 0 Å². The monoisotopic (exact) mass is 365 g/mol. The Morgan fingerprint density at radius 1 is 1.38 bits per heavy atom. The predicted molar refractivity (Wildman–Crippen MR) is 93.4 cm³/mol. The number of benzene rings is 1. The number of aromatic nitrogens is 4. The first-order valence-electron chi connectivity index (χ1n) is 7.28. The van der Waals surface area contributed by atoms with E-state index in [0.29, 0.717) is 26.4 Å². The number of rotatable bonds is 4. The lowest BCUT2D eigenvalue weighted by Crippen LogP contribution is -2.13. The molecule has 0 saturated heterocycles. The van der Waals surface area contributed by atoms with Gasteiger partial charge in [-0.15, -0.1) is 15.3 Å². The quantitative estimate of drug-likeness (QED) is 0.764. The van der Waals surface area contributed by atoms with Crippen molar-refractivity contribution in [1.82, 2.24) is 19.8 Å². The van der Waals surface area contributed by atoms with Gasteiger partial charge in [0.15, 0.2) is 5.82 Å². The van der Waals surface area contributed by atoms with E-state index in [4.69, 9.17) is 16.3 Å². The Bertz CT molecular complexity index is 918. The van der Waals surface area contributed by atoms with Crippen LogP contribution >= 0.6 is 22.9 Å². The smallest absolute Gasteiger partial charge is 0.286 e. The minimum Gasteiger partial charge on any atom is -0.495 e. The highest BCUT2D eigenvalue weighted by atomic mass is 35.5. The number of fused-ring (bicyclic) bond motifs is 1. The first-order valence-corrected chi connectivity index (χ1v) is 8.47. The van der Waals surface area contributed by atoms with Crippen molar-refractivity contribution in [1.29, 1.82) is 0 Å². The van der Waals surface area contributed by atoms with Gasteiger partial charge < -0.3 is 10.1 Å². The molecule has 0 spiro atoms. The maximum atomic E-state index is 12.5. The Morgan fingerprint density at radius 2 is 2.12 bits per heavy atom. The summed E-state index contributed by atoms with van der Waals surface area (Å²) < 4.78 is 6.87. The summed E-state index contributed by atoms with van der Waals surface area (Å²) in [4.78, 5) is 13.1. The molecule has 0 saturated carbocycles. The number of hydrogen-bond donors (Lipinski definition) is 1. The third-order valence-corrected chi connectivity index (χ3v) is 4.76. The summed E-state index contributed by atoms with van der Waals surface area (Å²) in [6.07, 6.45) is 0. The van der Waals surface area contributed by atoms with Crippen molar-refractivity contribution in [3.05, 3.63) is 33.6 Å². The molecular weight excluding hydrogens is 350 g/mol. The largest absolute Gasteiger partial charge is 0.495 e. The van der Waals surface area contributed by atoms with Crippen molar-refractivity contribution in [2.45, 2.75) is 26.7 Å². The Balaban J connectivity index is 1.92. The Hall–Kier alpha value is -2.19. The molecule has 2 aromatic heterocycles. The number of nitrogens with one attached hydrogen (secondary N) is 1. The van der Waals surface area contributed by atoms with E-state index < -0.39 is 0 Å². The van der Waals surface area contributed by atoms with Crippen molar-refractivity contribution in [3.8, 4) is 5.75 Å². The van der Waals surface area contributed by atoms with Crippen LogP contribution in [0.5, 0.6) is 5.75 Å². The zero-order valence-electron chi connectivity index (χ0n) is 13.6. The van der Waals surface area contributed by atoms with Crippen LogP contribution in [0.15, 0.2) is 12.1 Å². The minimum absolute atomic E-state index is 0.164. The second-order valence-corrected chi connectivity index (χ2v) is 6.93. The number of anilines is 1. The Labute approximate surface area is 147 Å². The van der Waals surface area contributed by atoms with Gasteiger partial charge in [-0.3, -0.25) is 4.79 Å². The van der Waals surface area contributed by atoms with Gasteiger partial charge in [-0.25, -0.2) is 0 Å². The van der Waals surface area contributed by atoms with E-state index in [-0.39, 0.29) is 11.8 Å². The van der Waals surface area contributed by atoms with Crippen LogP contribution in [0, 0.1) is 6.92 Å². The highest BCUT2D eigenvalue weighted by Gasteiger charge is 2.19. The second-order valence-electron chi connectivity index (χ2n) is 5.57.